The van der Waals surface area contributed by atoms with Crippen LogP contribution in [0.4, 0.5) is 68.2 Å². The lowest BCUT2D eigenvalue weighted by molar-refractivity contribution is 0.486. The van der Waals surface area contributed by atoms with Crippen LogP contribution in [0.3, 0.4) is 0 Å². The van der Waals surface area contributed by atoms with E-state index in [2.05, 4.69) is 274 Å². The van der Waals surface area contributed by atoms with Crippen LogP contribution in [-0.4, -0.2) is 16.1 Å². The summed E-state index contributed by atoms with van der Waals surface area (Å²) in [5, 5.41) is 10.3. The molecule has 17 rings (SSSR count). The SMILES string of the molecule is c1ccc(N2c3cccc4c3[Si]3(c5ccccc5)c5c(cccc5N(c5ccccc5)c5c6c7c(c2c53)N(c2ccccc2)c2cccc3c2[Si]7(c2ccccc2)c2c(cccc2N6c2ccccc2)O3)O4)cc1. The van der Waals surface area contributed by atoms with Gasteiger partial charge in [-0.05, 0) is 107 Å². The molecule has 74 heavy (non-hydrogen) atoms. The van der Waals surface area contributed by atoms with E-state index in [0.29, 0.717) is 0 Å². The number of rotatable bonds is 6. The molecule has 6 heterocycles. The second-order valence-electron chi connectivity index (χ2n) is 19.9. The molecule has 0 unspecified atom stereocenters. The van der Waals surface area contributed by atoms with Crippen molar-refractivity contribution in [1.82, 2.24) is 0 Å². The van der Waals surface area contributed by atoms with Crippen LogP contribution >= 0.6 is 0 Å². The van der Waals surface area contributed by atoms with Gasteiger partial charge in [0, 0.05) is 53.9 Å². The topological polar surface area (TPSA) is 31.4 Å². The molecule has 0 bridgehead atoms. The molecule has 0 spiro atoms. The molecule has 0 radical (unpaired) electrons. The van der Waals surface area contributed by atoms with Gasteiger partial charge in [0.25, 0.3) is 0 Å². The molecule has 0 N–H and O–H groups in total. The number of hydrogen-bond acceptors (Lipinski definition) is 6. The molecule has 11 aromatic rings. The third-order valence-corrected chi connectivity index (χ3v) is 26.3. The van der Waals surface area contributed by atoms with E-state index >= 15 is 0 Å². The lowest BCUT2D eigenvalue weighted by atomic mass is 10.0. The van der Waals surface area contributed by atoms with Crippen molar-refractivity contribution in [3.63, 3.8) is 0 Å². The van der Waals surface area contributed by atoms with Crippen molar-refractivity contribution in [2.24, 2.45) is 0 Å². The smallest absolute Gasteiger partial charge is 0.198 e. The van der Waals surface area contributed by atoms with Gasteiger partial charge in [-0.1, -0.05) is 158 Å². The maximum Gasteiger partial charge on any atom is 0.198 e. The number of anilines is 12. The Morgan fingerprint density at radius 3 is 0.689 bits per heavy atom. The molecule has 0 atom stereocenters. The fourth-order valence-corrected chi connectivity index (χ4v) is 25.3. The normalized spacial score (nSPS) is 15.4. The number of hydrogen-bond donors (Lipinski definition) is 0. The Hall–Kier alpha value is -9.35. The van der Waals surface area contributed by atoms with Gasteiger partial charge >= 0.3 is 0 Å². The minimum Gasteiger partial charge on any atom is -0.457 e. The van der Waals surface area contributed by atoms with Gasteiger partial charge in [-0.25, -0.2) is 0 Å². The highest BCUT2D eigenvalue weighted by atomic mass is 28.3. The molecular weight excluding hydrogens is 937 g/mol. The van der Waals surface area contributed by atoms with Crippen LogP contribution in [0.1, 0.15) is 0 Å². The summed E-state index contributed by atoms with van der Waals surface area (Å²) in [6.07, 6.45) is 0. The number of nitrogens with zero attached hydrogens (tertiary/aromatic N) is 4. The highest BCUT2D eigenvalue weighted by Crippen LogP contribution is 2.61. The summed E-state index contributed by atoms with van der Waals surface area (Å²) in [5.41, 5.74) is 13.6. The maximum atomic E-state index is 7.38. The van der Waals surface area contributed by atoms with Crippen LogP contribution in [0.25, 0.3) is 0 Å². The highest BCUT2D eigenvalue weighted by molar-refractivity contribution is 7.26. The number of fused-ring (bicyclic) bond motifs is 2. The molecule has 6 nitrogen and oxygen atoms in total. The molecule has 0 amide bonds. The van der Waals surface area contributed by atoms with Crippen molar-refractivity contribution >= 4 is 126 Å². The van der Waals surface area contributed by atoms with Crippen LogP contribution in [-0.2, 0) is 0 Å². The average Bonchev–Trinajstić information content (AvgIpc) is 3.47. The minimum absolute atomic E-state index is 0.907. The van der Waals surface area contributed by atoms with Gasteiger partial charge in [0.15, 0.2) is 16.1 Å². The molecule has 346 valence electrons. The zero-order valence-corrected chi connectivity index (χ0v) is 41.9. The standard InChI is InChI=1S/C66H42N4O2Si2/c1-7-23-43(24-8-1)67-49-35-19-39-53-61(49)73(47-31-15-5-16-32-47)62-51(37-21-40-54(62)71-53)69(45-27-11-3-12-28-45)59-60-66-58(57(67)65(59)73)68(44-25-9-2-10-26-44)50-36-20-41-55-63(50)74(66,48-33-17-6-18-34-48)64-52(38-22-42-56(64)72-55)70(60)46-29-13-4-14-30-46/h1-42H. The summed E-state index contributed by atoms with van der Waals surface area (Å²) in [4.78, 5) is 10.5. The second kappa shape index (κ2) is 14.6. The van der Waals surface area contributed by atoms with Crippen molar-refractivity contribution < 1.29 is 9.47 Å². The average molecular weight is 979 g/mol. The molecular formula is C66H42N4O2Si2. The lowest BCUT2D eigenvalue weighted by Crippen LogP contribution is -2.83. The Bertz CT molecular complexity index is 3670. The predicted molar refractivity (Wildman–Crippen MR) is 307 cm³/mol. The van der Waals surface area contributed by atoms with Crippen molar-refractivity contribution in [3.8, 4) is 23.0 Å². The summed E-state index contributed by atoms with van der Waals surface area (Å²) in [7, 11) is -7.00. The van der Waals surface area contributed by atoms with Crippen molar-refractivity contribution in [1.29, 1.82) is 0 Å². The number of para-hydroxylation sites is 4. The summed E-state index contributed by atoms with van der Waals surface area (Å²) in [6, 6.07) is 94.5. The van der Waals surface area contributed by atoms with Gasteiger partial charge in [-0.3, -0.25) is 0 Å². The van der Waals surface area contributed by atoms with Crippen LogP contribution in [0.15, 0.2) is 255 Å². The van der Waals surface area contributed by atoms with Crippen LogP contribution in [0.2, 0.25) is 0 Å². The molecule has 0 saturated heterocycles. The zero-order chi connectivity index (χ0) is 48.3. The van der Waals surface area contributed by atoms with E-state index < -0.39 is 16.1 Å². The fourth-order valence-electron chi connectivity index (χ4n) is 14.0. The lowest BCUT2D eigenvalue weighted by Gasteiger charge is -2.59. The van der Waals surface area contributed by atoms with Crippen LogP contribution in [0.5, 0.6) is 23.0 Å². The van der Waals surface area contributed by atoms with Gasteiger partial charge in [0.05, 0.1) is 45.5 Å². The Kier molecular flexibility index (Phi) is 7.97. The van der Waals surface area contributed by atoms with Gasteiger partial charge < -0.3 is 29.1 Å². The molecule has 0 aliphatic carbocycles. The van der Waals surface area contributed by atoms with Crippen LogP contribution < -0.4 is 70.6 Å². The zero-order valence-electron chi connectivity index (χ0n) is 39.9. The van der Waals surface area contributed by atoms with Gasteiger partial charge in [-0.15, -0.1) is 0 Å². The second-order valence-corrected chi connectivity index (χ2v) is 27.0. The van der Waals surface area contributed by atoms with E-state index in [1.54, 1.807) is 0 Å². The molecule has 6 aliphatic rings. The van der Waals surface area contributed by atoms with Crippen molar-refractivity contribution in [2.45, 2.75) is 0 Å². The Labute approximate surface area is 430 Å². The third-order valence-electron chi connectivity index (χ3n) is 16.4. The Morgan fingerprint density at radius 2 is 0.446 bits per heavy atom. The summed E-state index contributed by atoms with van der Waals surface area (Å²) >= 11 is 0. The van der Waals surface area contributed by atoms with Gasteiger partial charge in [0.2, 0.25) is 0 Å². The molecule has 0 aromatic heterocycles. The Balaban J connectivity index is 1.23. The van der Waals surface area contributed by atoms with Crippen LogP contribution in [0, 0.1) is 0 Å². The van der Waals surface area contributed by atoms with E-state index in [1.807, 2.05) is 0 Å². The Morgan fingerprint density at radius 1 is 0.216 bits per heavy atom. The fraction of sp³-hybridized carbons (Fsp3) is 0. The van der Waals surface area contributed by atoms with E-state index in [-0.39, 0.29) is 0 Å². The van der Waals surface area contributed by atoms with Gasteiger partial charge in [0.1, 0.15) is 23.0 Å². The first-order valence-electron chi connectivity index (χ1n) is 25.4. The maximum absolute atomic E-state index is 7.38. The van der Waals surface area contributed by atoms with E-state index in [0.717, 1.165) is 68.5 Å². The molecule has 8 heteroatoms. The summed E-state index contributed by atoms with van der Waals surface area (Å²) in [5.74, 6) is 3.63. The molecule has 0 saturated carbocycles. The van der Waals surface area contributed by atoms with E-state index in [4.69, 9.17) is 9.47 Å². The number of benzene rings is 11. The largest absolute Gasteiger partial charge is 0.457 e. The predicted octanol–water partition coefficient (Wildman–Crippen LogP) is 11.8. The third kappa shape index (κ3) is 4.80. The quantitative estimate of drug-likeness (QED) is 0.154. The van der Waals surface area contributed by atoms with Gasteiger partial charge in [-0.2, -0.15) is 0 Å². The van der Waals surface area contributed by atoms with Crippen molar-refractivity contribution in [3.05, 3.63) is 255 Å². The summed E-state index contributed by atoms with van der Waals surface area (Å²) in [6.45, 7) is 0. The monoisotopic (exact) mass is 978 g/mol. The van der Waals surface area contributed by atoms with E-state index in [9.17, 15) is 0 Å². The van der Waals surface area contributed by atoms with E-state index in [1.165, 1.54) is 64.2 Å². The van der Waals surface area contributed by atoms with Crippen molar-refractivity contribution in [2.75, 3.05) is 19.6 Å². The summed E-state index contributed by atoms with van der Waals surface area (Å²) < 4.78 is 14.8. The molecule has 11 aromatic carbocycles. The molecule has 6 aliphatic heterocycles. The minimum atomic E-state index is -3.50. The first-order valence-corrected chi connectivity index (χ1v) is 29.4. The number of ether oxygens (including phenoxy) is 2. The first-order chi connectivity index (χ1) is 36.8. The molecule has 0 fully saturated rings. The highest BCUT2D eigenvalue weighted by Gasteiger charge is 2.66. The first kappa shape index (κ1) is 40.3.